The Hall–Kier alpha value is -0.330. The number of carbonyl (C=O) groups is 1. The van der Waals surface area contributed by atoms with Gasteiger partial charge < -0.3 is 5.32 Å². The highest BCUT2D eigenvalue weighted by Gasteiger charge is 2.27. The predicted molar refractivity (Wildman–Crippen MR) is 67.5 cm³/mol. The molecule has 0 aromatic heterocycles. The molecule has 0 bridgehead atoms. The molecule has 7 heteroatoms. The van der Waals surface area contributed by atoms with Gasteiger partial charge in [0.2, 0.25) is 15.9 Å². The van der Waals surface area contributed by atoms with Gasteiger partial charge >= 0.3 is 0 Å². The van der Waals surface area contributed by atoms with E-state index in [4.69, 9.17) is 11.6 Å². The molecule has 0 atom stereocenters. The third-order valence-electron chi connectivity index (χ3n) is 2.87. The molecule has 0 aromatic rings. The molecule has 100 valence electrons. The quantitative estimate of drug-likeness (QED) is 0.749. The Morgan fingerprint density at radius 2 is 2.00 bits per heavy atom. The maximum atomic E-state index is 11.7. The highest BCUT2D eigenvalue weighted by molar-refractivity contribution is 7.89. The number of sulfonamides is 1. The first-order valence-corrected chi connectivity index (χ1v) is 7.97. The molecule has 0 unspecified atom stereocenters. The van der Waals surface area contributed by atoms with E-state index in [-0.39, 0.29) is 23.6 Å². The lowest BCUT2D eigenvalue weighted by molar-refractivity contribution is -0.121. The van der Waals surface area contributed by atoms with Crippen LogP contribution in [0.2, 0.25) is 0 Å². The number of alkyl halides is 1. The summed E-state index contributed by atoms with van der Waals surface area (Å²) in [6.07, 6.45) is 1.81. The topological polar surface area (TPSA) is 66.5 Å². The van der Waals surface area contributed by atoms with Gasteiger partial charge in [0.15, 0.2) is 0 Å². The van der Waals surface area contributed by atoms with Gasteiger partial charge in [-0.1, -0.05) is 6.92 Å². The summed E-state index contributed by atoms with van der Waals surface area (Å²) >= 11 is 5.46. The van der Waals surface area contributed by atoms with Crippen LogP contribution in [0.4, 0.5) is 0 Å². The molecule has 5 nitrogen and oxygen atoms in total. The van der Waals surface area contributed by atoms with E-state index in [1.165, 1.54) is 4.31 Å². The van der Waals surface area contributed by atoms with Gasteiger partial charge in [0, 0.05) is 31.4 Å². The number of rotatable bonds is 5. The van der Waals surface area contributed by atoms with Crippen LogP contribution in [0.15, 0.2) is 0 Å². The SMILES string of the molecule is CCC(=O)NC1CCN(S(=O)(=O)CCCl)CC1. The molecule has 1 aliphatic heterocycles. The third-order valence-corrected chi connectivity index (χ3v) is 5.15. The maximum absolute atomic E-state index is 11.7. The summed E-state index contributed by atoms with van der Waals surface area (Å²) in [4.78, 5) is 11.2. The fourth-order valence-electron chi connectivity index (χ4n) is 1.83. The van der Waals surface area contributed by atoms with Crippen molar-refractivity contribution in [2.45, 2.75) is 32.2 Å². The molecule has 0 spiro atoms. The number of nitrogens with one attached hydrogen (secondary N) is 1. The zero-order valence-electron chi connectivity index (χ0n) is 9.99. The molecular weight excluding hydrogens is 264 g/mol. The Bertz CT molecular complexity index is 351. The van der Waals surface area contributed by atoms with Crippen molar-refractivity contribution in [2.75, 3.05) is 24.7 Å². The Morgan fingerprint density at radius 3 is 2.47 bits per heavy atom. The molecule has 0 aliphatic carbocycles. The van der Waals surface area contributed by atoms with E-state index in [1.54, 1.807) is 6.92 Å². The highest BCUT2D eigenvalue weighted by Crippen LogP contribution is 2.14. The van der Waals surface area contributed by atoms with E-state index in [9.17, 15) is 13.2 Å². The molecule has 1 fully saturated rings. The number of carbonyl (C=O) groups excluding carboxylic acids is 1. The summed E-state index contributed by atoms with van der Waals surface area (Å²) in [6.45, 7) is 2.73. The van der Waals surface area contributed by atoms with Crippen LogP contribution in [-0.4, -0.2) is 49.4 Å². The maximum Gasteiger partial charge on any atom is 0.219 e. The van der Waals surface area contributed by atoms with Gasteiger partial charge in [0.1, 0.15) is 0 Å². The Morgan fingerprint density at radius 1 is 1.41 bits per heavy atom. The normalized spacial score (nSPS) is 19.2. The zero-order chi connectivity index (χ0) is 12.9. The Kier molecular flexibility index (Phi) is 5.69. The average Bonchev–Trinajstić information content (AvgIpc) is 2.29. The molecule has 1 heterocycles. The summed E-state index contributed by atoms with van der Waals surface area (Å²) in [6, 6.07) is 0.102. The van der Waals surface area contributed by atoms with Gasteiger partial charge in [-0.25, -0.2) is 12.7 Å². The van der Waals surface area contributed by atoms with Crippen LogP contribution in [0, 0.1) is 0 Å². The van der Waals surface area contributed by atoms with Crippen LogP contribution < -0.4 is 5.32 Å². The standard InChI is InChI=1S/C10H19ClN2O3S/c1-2-10(14)12-9-3-6-13(7-4-9)17(15,16)8-5-11/h9H,2-8H2,1H3,(H,12,14). The molecule has 1 saturated heterocycles. The molecular formula is C10H19ClN2O3S. The monoisotopic (exact) mass is 282 g/mol. The number of hydrogen-bond donors (Lipinski definition) is 1. The summed E-state index contributed by atoms with van der Waals surface area (Å²) in [5.74, 6) is 0.127. The fraction of sp³-hybridized carbons (Fsp3) is 0.900. The number of halogens is 1. The largest absolute Gasteiger partial charge is 0.353 e. The predicted octanol–water partition coefficient (Wildman–Crippen LogP) is 0.546. The minimum absolute atomic E-state index is 0.0134. The summed E-state index contributed by atoms with van der Waals surface area (Å²) < 4.78 is 24.9. The van der Waals surface area contributed by atoms with Crippen molar-refractivity contribution in [3.8, 4) is 0 Å². The van der Waals surface area contributed by atoms with Gasteiger partial charge in [-0.3, -0.25) is 4.79 Å². The summed E-state index contributed by atoms with van der Waals surface area (Å²) in [5, 5.41) is 2.89. The highest BCUT2D eigenvalue weighted by atomic mass is 35.5. The molecule has 0 aromatic carbocycles. The van der Waals surface area contributed by atoms with Crippen LogP contribution in [-0.2, 0) is 14.8 Å². The first-order valence-electron chi connectivity index (χ1n) is 5.82. The van der Waals surface area contributed by atoms with Crippen LogP contribution >= 0.6 is 11.6 Å². The first-order chi connectivity index (χ1) is 7.99. The molecule has 0 saturated carbocycles. The Balaban J connectivity index is 2.43. The summed E-state index contributed by atoms with van der Waals surface area (Å²) in [7, 11) is -3.20. The lowest BCUT2D eigenvalue weighted by Crippen LogP contribution is -2.47. The second-order valence-corrected chi connectivity index (χ2v) is 6.57. The van der Waals surface area contributed by atoms with Crippen molar-refractivity contribution in [3.63, 3.8) is 0 Å². The number of nitrogens with zero attached hydrogens (tertiary/aromatic N) is 1. The second kappa shape index (κ2) is 6.56. The van der Waals surface area contributed by atoms with Crippen molar-refractivity contribution in [1.29, 1.82) is 0 Å². The van der Waals surface area contributed by atoms with E-state index < -0.39 is 10.0 Å². The summed E-state index contributed by atoms with van der Waals surface area (Å²) in [5.41, 5.74) is 0. The Labute approximate surface area is 108 Å². The minimum Gasteiger partial charge on any atom is -0.353 e. The van der Waals surface area contributed by atoms with Gasteiger partial charge in [-0.15, -0.1) is 11.6 Å². The number of piperidine rings is 1. The van der Waals surface area contributed by atoms with Crippen molar-refractivity contribution in [1.82, 2.24) is 9.62 Å². The molecule has 17 heavy (non-hydrogen) atoms. The number of hydrogen-bond acceptors (Lipinski definition) is 3. The van der Waals surface area contributed by atoms with E-state index in [0.29, 0.717) is 32.4 Å². The van der Waals surface area contributed by atoms with E-state index in [0.717, 1.165) is 0 Å². The van der Waals surface area contributed by atoms with E-state index in [2.05, 4.69) is 5.32 Å². The average molecular weight is 283 g/mol. The molecule has 1 aliphatic rings. The lowest BCUT2D eigenvalue weighted by Gasteiger charge is -2.31. The van der Waals surface area contributed by atoms with Crippen molar-refractivity contribution >= 4 is 27.5 Å². The van der Waals surface area contributed by atoms with Crippen LogP contribution in [0.3, 0.4) is 0 Å². The van der Waals surface area contributed by atoms with Gasteiger partial charge in [0.05, 0.1) is 5.75 Å². The van der Waals surface area contributed by atoms with Crippen LogP contribution in [0.5, 0.6) is 0 Å². The number of amides is 1. The molecule has 0 radical (unpaired) electrons. The molecule has 1 rings (SSSR count). The molecule has 1 N–H and O–H groups in total. The van der Waals surface area contributed by atoms with Crippen molar-refractivity contribution in [3.05, 3.63) is 0 Å². The molecule has 1 amide bonds. The van der Waals surface area contributed by atoms with Gasteiger partial charge in [-0.2, -0.15) is 0 Å². The smallest absolute Gasteiger partial charge is 0.219 e. The lowest BCUT2D eigenvalue weighted by atomic mass is 10.1. The first kappa shape index (κ1) is 14.7. The van der Waals surface area contributed by atoms with Crippen molar-refractivity contribution in [2.24, 2.45) is 0 Å². The van der Waals surface area contributed by atoms with Gasteiger partial charge in [-0.05, 0) is 12.8 Å². The van der Waals surface area contributed by atoms with E-state index in [1.807, 2.05) is 0 Å². The van der Waals surface area contributed by atoms with Crippen molar-refractivity contribution < 1.29 is 13.2 Å². The van der Waals surface area contributed by atoms with Crippen LogP contribution in [0.1, 0.15) is 26.2 Å². The second-order valence-electron chi connectivity index (χ2n) is 4.10. The minimum atomic E-state index is -3.20. The third kappa shape index (κ3) is 4.44. The fourth-order valence-corrected chi connectivity index (χ4v) is 3.64. The van der Waals surface area contributed by atoms with Crippen LogP contribution in [0.25, 0.3) is 0 Å². The van der Waals surface area contributed by atoms with E-state index >= 15 is 0 Å². The zero-order valence-corrected chi connectivity index (χ0v) is 11.6. The van der Waals surface area contributed by atoms with Gasteiger partial charge in [0.25, 0.3) is 0 Å².